The Hall–Kier alpha value is -2.18. The summed E-state index contributed by atoms with van der Waals surface area (Å²) in [6.45, 7) is 4.54. The number of aliphatic imine (C=N–C) groups is 1. The van der Waals surface area contributed by atoms with Crippen LogP contribution in [-0.4, -0.2) is 73.1 Å². The molecule has 2 fully saturated rings. The molecule has 1 atom stereocenters. The quantitative estimate of drug-likeness (QED) is 0.226. The Morgan fingerprint density at radius 1 is 1.46 bits per heavy atom. The van der Waals surface area contributed by atoms with Crippen molar-refractivity contribution < 1.29 is 14.0 Å². The van der Waals surface area contributed by atoms with Gasteiger partial charge in [-0.05, 0) is 25.5 Å². The smallest absolute Gasteiger partial charge is 0.324 e. The van der Waals surface area contributed by atoms with E-state index in [4.69, 9.17) is 0 Å². The maximum absolute atomic E-state index is 13.9. The Balaban J connectivity index is 0.00000280. The van der Waals surface area contributed by atoms with Gasteiger partial charge in [-0.3, -0.25) is 14.7 Å². The van der Waals surface area contributed by atoms with E-state index < -0.39 is 0 Å². The Kier molecular flexibility index (Phi) is 8.20. The van der Waals surface area contributed by atoms with Crippen LogP contribution in [0.25, 0.3) is 0 Å². The Morgan fingerprint density at radius 3 is 2.96 bits per heavy atom. The van der Waals surface area contributed by atoms with Crippen molar-refractivity contribution in [1.82, 2.24) is 25.8 Å². The zero-order valence-electron chi connectivity index (χ0n) is 15.7. The fourth-order valence-electron chi connectivity index (χ4n) is 3.14. The lowest BCUT2D eigenvalue weighted by atomic mass is 10.3. The first-order valence-corrected chi connectivity index (χ1v) is 9.07. The van der Waals surface area contributed by atoms with Crippen LogP contribution in [0.1, 0.15) is 13.3 Å². The molecule has 2 saturated heterocycles. The van der Waals surface area contributed by atoms with E-state index in [9.17, 15) is 14.0 Å². The van der Waals surface area contributed by atoms with Crippen LogP contribution in [-0.2, 0) is 4.79 Å². The normalized spacial score (nSPS) is 19.5. The van der Waals surface area contributed by atoms with Gasteiger partial charge in [0.1, 0.15) is 0 Å². The zero-order chi connectivity index (χ0) is 19.2. The summed E-state index contributed by atoms with van der Waals surface area (Å²) < 4.78 is 13.9. The highest BCUT2D eigenvalue weighted by molar-refractivity contribution is 14.0. The summed E-state index contributed by atoms with van der Waals surface area (Å²) in [4.78, 5) is 34.7. The molecule has 3 N–H and O–H groups in total. The third-order valence-corrected chi connectivity index (χ3v) is 4.44. The van der Waals surface area contributed by atoms with E-state index in [1.807, 2.05) is 11.8 Å². The van der Waals surface area contributed by atoms with E-state index in [2.05, 4.69) is 25.9 Å². The van der Waals surface area contributed by atoms with Crippen LogP contribution >= 0.6 is 24.0 Å². The Bertz CT molecular complexity index is 717. The lowest BCUT2D eigenvalue weighted by Gasteiger charge is -2.20. The van der Waals surface area contributed by atoms with Gasteiger partial charge in [-0.25, -0.2) is 14.2 Å². The molecule has 3 amide bonds. The van der Waals surface area contributed by atoms with E-state index in [0.29, 0.717) is 38.0 Å². The highest BCUT2D eigenvalue weighted by Gasteiger charge is 2.28. The average molecular weight is 505 g/mol. The summed E-state index contributed by atoms with van der Waals surface area (Å²) >= 11 is 0. The first-order valence-electron chi connectivity index (χ1n) is 9.07. The molecule has 154 valence electrons. The molecular weight excluding hydrogens is 480 g/mol. The molecule has 2 aliphatic rings. The molecular formula is C17H25FIN7O2. The highest BCUT2D eigenvalue weighted by atomic mass is 127. The number of carbonyl (C=O) groups excluding carboxylic acids is 2. The number of nitrogens with zero attached hydrogens (tertiary/aromatic N) is 4. The second-order valence-corrected chi connectivity index (χ2v) is 6.35. The number of nitrogens with one attached hydrogen (secondary N) is 3. The van der Waals surface area contributed by atoms with Crippen molar-refractivity contribution in [2.75, 3.05) is 44.2 Å². The number of guanidine groups is 1. The largest absolute Gasteiger partial charge is 0.357 e. The predicted octanol–water partition coefficient (Wildman–Crippen LogP) is 0.524. The molecule has 28 heavy (non-hydrogen) atoms. The van der Waals surface area contributed by atoms with Crippen molar-refractivity contribution in [2.24, 2.45) is 4.99 Å². The molecule has 2 aliphatic heterocycles. The summed E-state index contributed by atoms with van der Waals surface area (Å²) in [6, 6.07) is 2.70. The zero-order valence-corrected chi connectivity index (χ0v) is 18.0. The van der Waals surface area contributed by atoms with Crippen molar-refractivity contribution in [2.45, 2.75) is 19.4 Å². The van der Waals surface area contributed by atoms with Crippen LogP contribution in [0.3, 0.4) is 0 Å². The molecule has 3 heterocycles. The molecule has 1 aromatic rings. The van der Waals surface area contributed by atoms with Crippen LogP contribution < -0.4 is 20.9 Å². The number of rotatable bonds is 6. The van der Waals surface area contributed by atoms with Crippen LogP contribution in [0.15, 0.2) is 23.3 Å². The number of urea groups is 1. The average Bonchev–Trinajstić information content (AvgIpc) is 3.23. The fraction of sp³-hybridized carbons (Fsp3) is 0.529. The lowest BCUT2D eigenvalue weighted by molar-refractivity contribution is -0.124. The molecule has 1 unspecified atom stereocenters. The molecule has 11 heteroatoms. The molecule has 9 nitrogen and oxygen atoms in total. The van der Waals surface area contributed by atoms with Gasteiger partial charge in [-0.2, -0.15) is 0 Å². The van der Waals surface area contributed by atoms with Crippen molar-refractivity contribution in [3.8, 4) is 0 Å². The van der Waals surface area contributed by atoms with Crippen molar-refractivity contribution in [3.05, 3.63) is 24.1 Å². The molecule has 0 radical (unpaired) electrons. The van der Waals surface area contributed by atoms with Gasteiger partial charge in [0.05, 0.1) is 19.6 Å². The molecule has 3 rings (SSSR count). The van der Waals surface area contributed by atoms with E-state index in [0.717, 1.165) is 11.3 Å². The fourth-order valence-corrected chi connectivity index (χ4v) is 3.14. The van der Waals surface area contributed by atoms with Gasteiger partial charge in [-0.1, -0.05) is 0 Å². The minimum absolute atomic E-state index is 0. The van der Waals surface area contributed by atoms with Gasteiger partial charge in [-0.15, -0.1) is 24.0 Å². The van der Waals surface area contributed by atoms with E-state index in [-0.39, 0.29) is 60.9 Å². The number of anilines is 1. The number of hydrogen-bond acceptors (Lipinski definition) is 5. The van der Waals surface area contributed by atoms with Crippen LogP contribution in [0.2, 0.25) is 0 Å². The van der Waals surface area contributed by atoms with E-state index in [1.165, 1.54) is 6.07 Å². The first-order chi connectivity index (χ1) is 13.1. The van der Waals surface area contributed by atoms with Gasteiger partial charge in [0.25, 0.3) is 0 Å². The number of hydrogen-bond donors (Lipinski definition) is 3. The Morgan fingerprint density at radius 2 is 2.29 bits per heavy atom. The van der Waals surface area contributed by atoms with Crippen LogP contribution in [0.4, 0.5) is 15.0 Å². The molecule has 1 aromatic heterocycles. The SMILES string of the molecule is CCNC(=NCCN1C(=O)CNC1=O)NC1CCN(c2ncccc2F)C1.I. The number of carbonyl (C=O) groups is 2. The summed E-state index contributed by atoms with van der Waals surface area (Å²) in [5.74, 6) is 0.407. The summed E-state index contributed by atoms with van der Waals surface area (Å²) in [5, 5.41) is 8.96. The third kappa shape index (κ3) is 5.42. The van der Waals surface area contributed by atoms with E-state index in [1.54, 1.807) is 12.3 Å². The van der Waals surface area contributed by atoms with Crippen LogP contribution in [0, 0.1) is 5.82 Å². The predicted molar refractivity (Wildman–Crippen MR) is 114 cm³/mol. The molecule has 0 saturated carbocycles. The molecule has 0 spiro atoms. The van der Waals surface area contributed by atoms with Gasteiger partial charge in [0.15, 0.2) is 17.6 Å². The second kappa shape index (κ2) is 10.4. The number of amides is 3. The summed E-state index contributed by atoms with van der Waals surface area (Å²) in [7, 11) is 0. The maximum atomic E-state index is 13.9. The summed E-state index contributed by atoms with van der Waals surface area (Å²) in [6.07, 6.45) is 2.41. The van der Waals surface area contributed by atoms with Gasteiger partial charge >= 0.3 is 6.03 Å². The monoisotopic (exact) mass is 505 g/mol. The molecule has 0 aromatic carbocycles. The minimum atomic E-state index is -0.378. The van der Waals surface area contributed by atoms with Gasteiger partial charge in [0.2, 0.25) is 5.91 Å². The summed E-state index contributed by atoms with van der Waals surface area (Å²) in [5.41, 5.74) is 0. The van der Waals surface area contributed by atoms with Crippen molar-refractivity contribution in [3.63, 3.8) is 0 Å². The maximum Gasteiger partial charge on any atom is 0.324 e. The minimum Gasteiger partial charge on any atom is -0.357 e. The Labute approximate surface area is 180 Å². The number of imide groups is 1. The number of pyridine rings is 1. The van der Waals surface area contributed by atoms with Gasteiger partial charge < -0.3 is 20.9 Å². The molecule has 0 bridgehead atoms. The second-order valence-electron chi connectivity index (χ2n) is 6.35. The van der Waals surface area contributed by atoms with E-state index >= 15 is 0 Å². The highest BCUT2D eigenvalue weighted by Crippen LogP contribution is 2.20. The first kappa shape index (κ1) is 22.1. The van der Waals surface area contributed by atoms with Crippen molar-refractivity contribution in [1.29, 1.82) is 0 Å². The van der Waals surface area contributed by atoms with Crippen LogP contribution in [0.5, 0.6) is 0 Å². The number of aromatic nitrogens is 1. The van der Waals surface area contributed by atoms with Gasteiger partial charge in [0, 0.05) is 31.9 Å². The number of halogens is 2. The third-order valence-electron chi connectivity index (χ3n) is 4.44. The standard InChI is InChI=1S/C17H24FN7O2.HI/c1-2-19-16(21-7-9-25-14(26)10-22-17(25)27)23-12-5-8-24(11-12)15-13(18)4-3-6-20-15;/h3-4,6,12H,2,5,7-11H2,1H3,(H,22,27)(H2,19,21,23);1H. The topological polar surface area (TPSA) is 102 Å². The van der Waals surface area contributed by atoms with Crippen molar-refractivity contribution >= 4 is 47.7 Å². The molecule has 0 aliphatic carbocycles. The lowest BCUT2D eigenvalue weighted by Crippen LogP contribution is -2.45.